The highest BCUT2D eigenvalue weighted by molar-refractivity contribution is 9.10. The highest BCUT2D eigenvalue weighted by atomic mass is 79.9. The number of fused-ring (bicyclic) bond motifs is 1. The molecule has 0 amide bonds. The van der Waals surface area contributed by atoms with Gasteiger partial charge in [-0.05, 0) is 24.3 Å². The fourth-order valence-corrected chi connectivity index (χ4v) is 2.21. The van der Waals surface area contributed by atoms with Crippen LogP contribution < -0.4 is 0 Å². The van der Waals surface area contributed by atoms with Crippen molar-refractivity contribution >= 4 is 39.5 Å². The molecule has 0 saturated carbocycles. The minimum atomic E-state index is 0.781. The van der Waals surface area contributed by atoms with Crippen LogP contribution in [0.15, 0.2) is 28.7 Å². The van der Waals surface area contributed by atoms with Crippen LogP contribution in [0.3, 0.4) is 0 Å². The molecule has 1 heterocycles. The van der Waals surface area contributed by atoms with Gasteiger partial charge in [0.2, 0.25) is 0 Å². The molecule has 2 aromatic rings. The molecular formula is C10H10BrNS. The second-order valence-electron chi connectivity index (χ2n) is 3.06. The predicted octanol–water partition coefficient (Wildman–Crippen LogP) is 3.37. The van der Waals surface area contributed by atoms with Gasteiger partial charge in [0.25, 0.3) is 0 Å². The van der Waals surface area contributed by atoms with Gasteiger partial charge in [0.1, 0.15) is 0 Å². The van der Waals surface area contributed by atoms with Gasteiger partial charge in [0.15, 0.2) is 0 Å². The van der Waals surface area contributed by atoms with Crippen molar-refractivity contribution in [2.45, 2.75) is 5.75 Å². The van der Waals surface area contributed by atoms with Crippen LogP contribution in [0.1, 0.15) is 5.69 Å². The fourth-order valence-electron chi connectivity index (χ4n) is 1.53. The second-order valence-corrected chi connectivity index (χ2v) is 4.29. The summed E-state index contributed by atoms with van der Waals surface area (Å²) in [6, 6.07) is 8.48. The van der Waals surface area contributed by atoms with Crippen LogP contribution >= 0.6 is 28.6 Å². The first-order chi connectivity index (χ1) is 6.22. The number of rotatable bonds is 1. The molecule has 0 fully saturated rings. The first kappa shape index (κ1) is 9.16. The Hall–Kier alpha value is -0.410. The second kappa shape index (κ2) is 3.39. The summed E-state index contributed by atoms with van der Waals surface area (Å²) in [5.41, 5.74) is 2.50. The Morgan fingerprint density at radius 3 is 2.85 bits per heavy atom. The summed E-state index contributed by atoms with van der Waals surface area (Å²) in [7, 11) is 2.07. The van der Waals surface area contributed by atoms with Gasteiger partial charge in [-0.1, -0.05) is 15.9 Å². The van der Waals surface area contributed by atoms with Crippen molar-refractivity contribution in [2.75, 3.05) is 0 Å². The normalized spacial score (nSPS) is 11.0. The number of halogens is 1. The molecule has 0 radical (unpaired) electrons. The lowest BCUT2D eigenvalue weighted by atomic mass is 10.2. The largest absolute Gasteiger partial charge is 0.347 e. The quantitative estimate of drug-likeness (QED) is 0.746. The Bertz CT molecular complexity index is 447. The van der Waals surface area contributed by atoms with E-state index in [4.69, 9.17) is 0 Å². The van der Waals surface area contributed by atoms with Crippen molar-refractivity contribution in [1.29, 1.82) is 0 Å². The SMILES string of the molecule is Cn1c(CS)cc2cc(Br)ccc21. The lowest BCUT2D eigenvalue weighted by Gasteiger charge is -1.99. The maximum Gasteiger partial charge on any atom is 0.0480 e. The minimum Gasteiger partial charge on any atom is -0.347 e. The summed E-state index contributed by atoms with van der Waals surface area (Å²) in [5.74, 6) is 0.781. The van der Waals surface area contributed by atoms with Gasteiger partial charge in [-0.15, -0.1) is 0 Å². The van der Waals surface area contributed by atoms with E-state index >= 15 is 0 Å². The molecule has 0 N–H and O–H groups in total. The minimum absolute atomic E-state index is 0.781. The molecule has 0 aliphatic rings. The van der Waals surface area contributed by atoms with Crippen LogP contribution in [0.25, 0.3) is 10.9 Å². The standard InChI is InChI=1S/C10H10BrNS/c1-12-9(6-13)5-7-4-8(11)2-3-10(7)12/h2-5,13H,6H2,1H3. The van der Waals surface area contributed by atoms with E-state index in [0.717, 1.165) is 10.2 Å². The smallest absolute Gasteiger partial charge is 0.0480 e. The maximum absolute atomic E-state index is 4.28. The van der Waals surface area contributed by atoms with E-state index in [2.05, 4.69) is 64.4 Å². The molecule has 1 aromatic heterocycles. The van der Waals surface area contributed by atoms with Crippen molar-refractivity contribution < 1.29 is 0 Å². The monoisotopic (exact) mass is 255 g/mol. The molecule has 2 rings (SSSR count). The molecular weight excluding hydrogens is 246 g/mol. The van der Waals surface area contributed by atoms with Crippen molar-refractivity contribution in [3.8, 4) is 0 Å². The number of nitrogens with zero attached hydrogens (tertiary/aromatic N) is 1. The summed E-state index contributed by atoms with van der Waals surface area (Å²) in [6.07, 6.45) is 0. The average molecular weight is 256 g/mol. The molecule has 3 heteroatoms. The van der Waals surface area contributed by atoms with Gasteiger partial charge in [0, 0.05) is 33.9 Å². The van der Waals surface area contributed by atoms with Crippen molar-refractivity contribution in [2.24, 2.45) is 7.05 Å². The van der Waals surface area contributed by atoms with E-state index < -0.39 is 0 Å². The molecule has 0 saturated heterocycles. The Kier molecular flexibility index (Phi) is 2.39. The summed E-state index contributed by atoms with van der Waals surface area (Å²) in [5, 5.41) is 1.26. The zero-order valence-corrected chi connectivity index (χ0v) is 9.77. The van der Waals surface area contributed by atoms with Crippen LogP contribution in [0, 0.1) is 0 Å². The third-order valence-corrected chi connectivity index (χ3v) is 3.08. The number of hydrogen-bond acceptors (Lipinski definition) is 1. The highest BCUT2D eigenvalue weighted by Gasteiger charge is 2.03. The van der Waals surface area contributed by atoms with Crippen LogP contribution in [0.5, 0.6) is 0 Å². The molecule has 0 aliphatic heterocycles. The van der Waals surface area contributed by atoms with Crippen LogP contribution in [0.2, 0.25) is 0 Å². The predicted molar refractivity (Wildman–Crippen MR) is 63.3 cm³/mol. The molecule has 0 atom stereocenters. The summed E-state index contributed by atoms with van der Waals surface area (Å²) in [6.45, 7) is 0. The summed E-state index contributed by atoms with van der Waals surface area (Å²) < 4.78 is 3.30. The van der Waals surface area contributed by atoms with E-state index in [-0.39, 0.29) is 0 Å². The van der Waals surface area contributed by atoms with Gasteiger partial charge < -0.3 is 4.57 Å². The average Bonchev–Trinajstić information content (AvgIpc) is 2.42. The maximum atomic E-state index is 4.28. The summed E-state index contributed by atoms with van der Waals surface area (Å²) in [4.78, 5) is 0. The Balaban J connectivity index is 2.76. The highest BCUT2D eigenvalue weighted by Crippen LogP contribution is 2.23. The topological polar surface area (TPSA) is 4.93 Å². The zero-order chi connectivity index (χ0) is 9.42. The van der Waals surface area contributed by atoms with E-state index in [1.165, 1.54) is 16.6 Å². The number of aryl methyl sites for hydroxylation is 1. The van der Waals surface area contributed by atoms with Gasteiger partial charge in [-0.2, -0.15) is 12.6 Å². The molecule has 0 unspecified atom stereocenters. The molecule has 1 aromatic carbocycles. The lowest BCUT2D eigenvalue weighted by Crippen LogP contribution is -1.91. The van der Waals surface area contributed by atoms with Crippen molar-refractivity contribution in [1.82, 2.24) is 4.57 Å². The summed E-state index contributed by atoms with van der Waals surface area (Å²) >= 11 is 7.74. The van der Waals surface area contributed by atoms with E-state index in [1.54, 1.807) is 0 Å². The Morgan fingerprint density at radius 2 is 2.15 bits per heavy atom. The lowest BCUT2D eigenvalue weighted by molar-refractivity contribution is 0.911. The number of benzene rings is 1. The van der Waals surface area contributed by atoms with Gasteiger partial charge in [-0.3, -0.25) is 0 Å². The van der Waals surface area contributed by atoms with E-state index in [9.17, 15) is 0 Å². The number of thiol groups is 1. The molecule has 0 aliphatic carbocycles. The third-order valence-electron chi connectivity index (χ3n) is 2.27. The Labute approximate surface area is 91.3 Å². The zero-order valence-electron chi connectivity index (χ0n) is 7.29. The van der Waals surface area contributed by atoms with E-state index in [1.807, 2.05) is 0 Å². The molecule has 1 nitrogen and oxygen atoms in total. The fraction of sp³-hybridized carbons (Fsp3) is 0.200. The molecule has 0 spiro atoms. The molecule has 0 bridgehead atoms. The number of aromatic nitrogens is 1. The third kappa shape index (κ3) is 1.51. The first-order valence-electron chi connectivity index (χ1n) is 4.07. The Morgan fingerprint density at radius 1 is 1.38 bits per heavy atom. The van der Waals surface area contributed by atoms with Crippen LogP contribution in [-0.4, -0.2) is 4.57 Å². The van der Waals surface area contributed by atoms with Gasteiger partial charge in [0.05, 0.1) is 0 Å². The molecule has 13 heavy (non-hydrogen) atoms. The molecule has 68 valence electrons. The van der Waals surface area contributed by atoms with Crippen LogP contribution in [-0.2, 0) is 12.8 Å². The van der Waals surface area contributed by atoms with Crippen molar-refractivity contribution in [3.05, 3.63) is 34.4 Å². The van der Waals surface area contributed by atoms with Gasteiger partial charge >= 0.3 is 0 Å². The van der Waals surface area contributed by atoms with Crippen LogP contribution in [0.4, 0.5) is 0 Å². The van der Waals surface area contributed by atoms with Crippen molar-refractivity contribution in [3.63, 3.8) is 0 Å². The van der Waals surface area contributed by atoms with Gasteiger partial charge in [-0.25, -0.2) is 0 Å². The first-order valence-corrected chi connectivity index (χ1v) is 5.49. The number of hydrogen-bond donors (Lipinski definition) is 1. The van der Waals surface area contributed by atoms with E-state index in [0.29, 0.717) is 0 Å².